The van der Waals surface area contributed by atoms with Crippen molar-refractivity contribution in [2.75, 3.05) is 83.9 Å². The normalized spacial score (nSPS) is 16.1. The van der Waals surface area contributed by atoms with Gasteiger partial charge in [0, 0.05) is 94.6 Å². The second-order valence-corrected chi connectivity index (χ2v) is 11.0. The van der Waals surface area contributed by atoms with E-state index in [9.17, 15) is 39.6 Å². The quantitative estimate of drug-likeness (QED) is 0.196. The number of pyridine rings is 1. The monoisotopic (exact) mass is 821 g/mol. The summed E-state index contributed by atoms with van der Waals surface area (Å²) in [6.45, 7) is 0.458. The molecule has 2 N–H and O–H groups in total. The van der Waals surface area contributed by atoms with Gasteiger partial charge in [-0.25, -0.2) is 4.98 Å². The van der Waals surface area contributed by atoms with E-state index in [0.29, 0.717) is 22.3 Å². The number of nitrogens with zero attached hydrogens (tertiary/aromatic N) is 7. The van der Waals surface area contributed by atoms with E-state index in [1.54, 1.807) is 68.3 Å². The second-order valence-electron chi connectivity index (χ2n) is 11.0. The van der Waals surface area contributed by atoms with Crippen molar-refractivity contribution in [1.29, 1.82) is 0 Å². The number of carbonyl (C=O) groups excluding carboxylic acids is 4. The number of anilines is 1. The first-order chi connectivity index (χ1) is 22.6. The van der Waals surface area contributed by atoms with E-state index in [1.807, 2.05) is 0 Å². The molecule has 0 spiro atoms. The topological polar surface area (TPSA) is 220 Å². The summed E-state index contributed by atoms with van der Waals surface area (Å²) in [5.74, 6) is -4.04. The summed E-state index contributed by atoms with van der Waals surface area (Å²) in [6, 6.07) is 13.4. The van der Waals surface area contributed by atoms with Crippen molar-refractivity contribution in [3.8, 4) is 5.75 Å². The Morgan fingerprint density at radius 1 is 0.667 bits per heavy atom. The Bertz CT molecular complexity index is 1560. The average Bonchev–Trinajstić information content (AvgIpc) is 3.01. The maximum absolute atomic E-state index is 13.4. The van der Waals surface area contributed by atoms with Crippen LogP contribution in [0.1, 0.15) is 0 Å². The number of nitrogens with one attached hydrogen (secondary N) is 1. The van der Waals surface area contributed by atoms with E-state index in [1.165, 1.54) is 6.07 Å². The summed E-state index contributed by atoms with van der Waals surface area (Å²) in [5.41, 5.74) is 0.660. The number of carboxylic acid groups (broad SMARTS) is 3. The smallest absolute Gasteiger partial charge is 0.549 e. The summed E-state index contributed by atoms with van der Waals surface area (Å²) >= 11 is 0. The van der Waals surface area contributed by atoms with Crippen LogP contribution >= 0.6 is 0 Å². The zero-order valence-electron chi connectivity index (χ0n) is 25.9. The molecule has 3 aromatic rings. The molecule has 1 aromatic heterocycles. The fraction of sp³-hybridized carbons (Fsp3) is 0.387. The minimum absolute atomic E-state index is 0. The van der Waals surface area contributed by atoms with Gasteiger partial charge in [0.2, 0.25) is 5.91 Å². The number of phenolic OH excluding ortho intramolecular Hbond substituents is 1. The van der Waals surface area contributed by atoms with Crippen molar-refractivity contribution in [1.82, 2.24) is 24.6 Å². The molecule has 0 bridgehead atoms. The van der Waals surface area contributed by atoms with Gasteiger partial charge in [-0.15, -0.1) is 10.2 Å². The van der Waals surface area contributed by atoms with Gasteiger partial charge in [-0.2, -0.15) is 0 Å². The van der Waals surface area contributed by atoms with Gasteiger partial charge in [0.15, 0.2) is 5.82 Å². The Morgan fingerprint density at radius 2 is 1.19 bits per heavy atom. The fourth-order valence-corrected chi connectivity index (χ4v) is 5.21. The maximum atomic E-state index is 13.4. The number of hydrogen-bond donors (Lipinski definition) is 2. The number of amides is 1. The number of aromatic hydroxyl groups is 1. The van der Waals surface area contributed by atoms with E-state index in [-0.39, 0.29) is 123 Å². The van der Waals surface area contributed by atoms with Gasteiger partial charge in [-0.05, 0) is 30.3 Å². The zero-order chi connectivity index (χ0) is 33.8. The van der Waals surface area contributed by atoms with Gasteiger partial charge < -0.3 is 40.1 Å². The molecule has 0 atom stereocenters. The van der Waals surface area contributed by atoms with Crippen LogP contribution in [0.4, 0.5) is 17.2 Å². The first-order valence-electron chi connectivity index (χ1n) is 14.9. The largest absolute Gasteiger partial charge is 3.00 e. The Kier molecular flexibility index (Phi) is 15.8. The summed E-state index contributed by atoms with van der Waals surface area (Å²) in [5, 5.41) is 57.0. The molecule has 2 aromatic carbocycles. The Morgan fingerprint density at radius 3 is 1.67 bits per heavy atom. The van der Waals surface area contributed by atoms with Crippen LogP contribution in [0, 0.1) is 46.9 Å². The summed E-state index contributed by atoms with van der Waals surface area (Å²) < 4.78 is 0. The van der Waals surface area contributed by atoms with Crippen molar-refractivity contribution in [2.45, 2.75) is 0 Å². The number of azo groups is 1. The van der Waals surface area contributed by atoms with Crippen LogP contribution in [-0.2, 0) is 19.2 Å². The number of benzene rings is 2. The molecule has 2 heterocycles. The predicted octanol–water partition coefficient (Wildman–Crippen LogP) is -2.23. The van der Waals surface area contributed by atoms with Crippen molar-refractivity contribution in [3.05, 3.63) is 54.7 Å². The molecule has 261 valence electrons. The number of carboxylic acids is 3. The molecule has 0 unspecified atom stereocenters. The molecule has 48 heavy (non-hydrogen) atoms. The minimum Gasteiger partial charge on any atom is -0.549 e. The van der Waals surface area contributed by atoms with Crippen LogP contribution in [0.5, 0.6) is 5.75 Å². The molecule has 1 radical (unpaired) electrons. The first kappa shape index (κ1) is 38.9. The van der Waals surface area contributed by atoms with Crippen LogP contribution in [0.3, 0.4) is 0 Å². The predicted molar refractivity (Wildman–Crippen MR) is 163 cm³/mol. The maximum Gasteiger partial charge on any atom is 3.00 e. The van der Waals surface area contributed by atoms with E-state index in [0.717, 1.165) is 0 Å². The fourth-order valence-electron chi connectivity index (χ4n) is 5.21. The first-order valence-corrected chi connectivity index (χ1v) is 14.9. The Labute approximate surface area is 315 Å². The molecule has 0 aliphatic carbocycles. The number of rotatable bonds is 11. The molecule has 1 fully saturated rings. The number of hydrogen-bond acceptors (Lipinski definition) is 15. The standard InChI is InChI=1S/C31H38N8O8.Yb/c40-25-8-7-22-23(31(25)35-34-26-6-1-2-9-32-26)4-3-5-24(22)33-27(41)18-36-10-12-37(19-28(42)43)14-16-39(21-30(46)47)17-15-38(13-11-36)20-29(44)45;/h1-9,40H,10-21H2,(H,33,41)(H,42,43)(H,44,45)(H,46,47);/q;+3/p-3. The van der Waals surface area contributed by atoms with Crippen LogP contribution in [-0.4, -0.2) is 132 Å². The molecule has 0 saturated carbocycles. The third-order valence-electron chi connectivity index (χ3n) is 7.54. The van der Waals surface area contributed by atoms with Gasteiger partial charge >= 0.3 is 46.9 Å². The molecule has 16 nitrogen and oxygen atoms in total. The molecule has 1 aliphatic rings. The molecular weight excluding hydrogens is 785 g/mol. The van der Waals surface area contributed by atoms with Gasteiger partial charge in [0.25, 0.3) is 0 Å². The van der Waals surface area contributed by atoms with Crippen LogP contribution < -0.4 is 20.6 Å². The number of fused-ring (bicyclic) bond motifs is 1. The molecule has 4 rings (SSSR count). The van der Waals surface area contributed by atoms with Crippen LogP contribution in [0.15, 0.2) is 65.0 Å². The SMILES string of the molecule is O=C([O-])CN1CCN(CC(=O)[O-])CCN(CC(=O)Nc2cccc3c(N=Nc4ccccn4)c(O)ccc23)CCN(CC(=O)[O-])CC1.[Yb+3]. The number of aliphatic carboxylic acids is 3. The van der Waals surface area contributed by atoms with E-state index < -0.39 is 37.5 Å². The minimum atomic E-state index is -1.31. The van der Waals surface area contributed by atoms with Gasteiger partial charge in [0.05, 0.1) is 24.5 Å². The number of carbonyl (C=O) groups is 4. The molecular formula is C31H35N8O8Yb. The zero-order valence-corrected chi connectivity index (χ0v) is 27.6. The second kappa shape index (κ2) is 19.5. The van der Waals surface area contributed by atoms with Crippen molar-refractivity contribution < 1.29 is 86.5 Å². The van der Waals surface area contributed by atoms with Crippen LogP contribution in [0.25, 0.3) is 10.8 Å². The van der Waals surface area contributed by atoms with Crippen molar-refractivity contribution in [3.63, 3.8) is 0 Å². The molecule has 1 amide bonds. The van der Waals surface area contributed by atoms with E-state index >= 15 is 0 Å². The van der Waals surface area contributed by atoms with Crippen molar-refractivity contribution >= 4 is 51.8 Å². The van der Waals surface area contributed by atoms with Gasteiger partial charge in [-0.3, -0.25) is 24.4 Å². The van der Waals surface area contributed by atoms with E-state index in [2.05, 4.69) is 20.5 Å². The van der Waals surface area contributed by atoms with Crippen LogP contribution in [0.2, 0.25) is 0 Å². The average molecular weight is 821 g/mol. The third-order valence-corrected chi connectivity index (χ3v) is 7.54. The molecule has 1 saturated heterocycles. The summed E-state index contributed by atoms with van der Waals surface area (Å²) in [7, 11) is 0. The number of phenols is 1. The summed E-state index contributed by atoms with van der Waals surface area (Å²) in [6.07, 6.45) is 1.57. The van der Waals surface area contributed by atoms with Gasteiger partial charge in [-0.1, -0.05) is 18.2 Å². The summed E-state index contributed by atoms with van der Waals surface area (Å²) in [4.78, 5) is 58.1. The van der Waals surface area contributed by atoms with E-state index in [4.69, 9.17) is 0 Å². The van der Waals surface area contributed by atoms with Gasteiger partial charge in [0.1, 0.15) is 11.4 Å². The molecule has 1 aliphatic heterocycles. The Balaban J connectivity index is 0.00000625. The third kappa shape index (κ3) is 12.5. The number of aromatic nitrogens is 1. The molecule has 17 heteroatoms. The Hall–Kier alpha value is -3.51. The van der Waals surface area contributed by atoms with Crippen molar-refractivity contribution in [2.24, 2.45) is 10.2 Å².